The smallest absolute Gasteiger partial charge is 0.485 e. The second-order valence-electron chi connectivity index (χ2n) is 18.3. The molecule has 0 fully saturated rings. The number of aromatic nitrogens is 4. The molecule has 0 aliphatic rings. The molecule has 0 aliphatic carbocycles. The van der Waals surface area contributed by atoms with Crippen LogP contribution in [0, 0.1) is 32.0 Å². The van der Waals surface area contributed by atoms with Crippen molar-refractivity contribution in [3.63, 3.8) is 0 Å². The summed E-state index contributed by atoms with van der Waals surface area (Å²) in [5, 5.41) is 20.7. The fraction of sp³-hybridized carbons (Fsp3) is 0.226. The molecule has 6 aromatic heterocycles. The summed E-state index contributed by atoms with van der Waals surface area (Å²) in [5.41, 5.74) is 7.88. The molecular weight excluding hydrogens is 1420 g/mol. The second kappa shape index (κ2) is 33.8. The molecule has 0 unspecified atom stereocenters. The minimum absolute atomic E-state index is 0. The van der Waals surface area contributed by atoms with Crippen molar-refractivity contribution in [2.24, 2.45) is 0 Å². The summed E-state index contributed by atoms with van der Waals surface area (Å²) in [5.74, 6) is 0. The Kier molecular flexibility index (Phi) is 30.5. The Labute approximate surface area is 499 Å². The monoisotopic (exact) mass is 1480 g/mol. The third kappa shape index (κ3) is 22.1. The number of halogens is 3. The van der Waals surface area contributed by atoms with Crippen LogP contribution in [-0.2, 0) is 61.2 Å². The molecule has 0 bridgehead atoms. The molecule has 424 valence electrons. The van der Waals surface area contributed by atoms with Gasteiger partial charge in [0, 0.05) is 98.6 Å². The van der Waals surface area contributed by atoms with E-state index in [0.717, 1.165) is 65.1 Å². The number of hydrogen-bond donors (Lipinski definition) is 2. The number of rotatable bonds is 4. The molecule has 0 saturated heterocycles. The number of fused-ring (bicyclic) bond motifs is 2. The number of hydrogen-bond acceptors (Lipinski definition) is 11. The topological polar surface area (TPSA) is 149 Å². The van der Waals surface area contributed by atoms with E-state index in [4.69, 9.17) is 23.2 Å². The largest absolute Gasteiger partial charge is 0.741 e. The van der Waals surface area contributed by atoms with Gasteiger partial charge in [0.2, 0.25) is 0 Å². The Balaban J connectivity index is 0.000000493. The van der Waals surface area contributed by atoms with Gasteiger partial charge in [0.25, 0.3) is 0 Å². The maximum Gasteiger partial charge on any atom is 0.485 e. The zero-order valence-electron chi connectivity index (χ0n) is 44.7. The number of pyridine rings is 4. The van der Waals surface area contributed by atoms with Gasteiger partial charge in [-0.2, -0.15) is 13.2 Å². The van der Waals surface area contributed by atoms with Crippen molar-refractivity contribution in [1.29, 1.82) is 0 Å². The van der Waals surface area contributed by atoms with E-state index in [9.17, 15) is 13.2 Å². The third-order valence-electron chi connectivity index (χ3n) is 10.7. The average Bonchev–Trinajstić information content (AvgIpc) is 4.14. The van der Waals surface area contributed by atoms with E-state index in [0.29, 0.717) is 0 Å². The minimum atomic E-state index is -6.09. The first-order valence-corrected chi connectivity index (χ1v) is 26.8. The first kappa shape index (κ1) is 71.3. The first-order valence-electron chi connectivity index (χ1n) is 23.6. The number of benzene rings is 4. The summed E-state index contributed by atoms with van der Waals surface area (Å²) >= 11 is 3.51. The SMILES string of the molecule is C.CC(C)(C)c1c[c-]c(-c2nccc3sccc23)cc1.CC(C)(C)c1ccc(-c2nccc3sccc23)cc1.CO.CO.Cc1cccc(-c2[c-]cccc2)n1.Cc1cccc(-c2[c-]cccc2)n1.O=S(=O)([O-])C(F)(F)F.[Ir].[Ir]. The minimum Gasteiger partial charge on any atom is -0.741 e. The van der Waals surface area contributed by atoms with Crippen LogP contribution >= 0.6 is 22.7 Å². The third-order valence-corrected chi connectivity index (χ3v) is 13.1. The van der Waals surface area contributed by atoms with Crippen molar-refractivity contribution in [3.05, 3.63) is 216 Å². The van der Waals surface area contributed by atoms with Gasteiger partial charge >= 0.3 is 5.51 Å². The number of aliphatic hydroxyl groups is 2. The van der Waals surface area contributed by atoms with Crippen molar-refractivity contribution >= 4 is 53.0 Å². The quantitative estimate of drug-likeness (QED) is 0.0997. The van der Waals surface area contributed by atoms with Gasteiger partial charge in [-0.15, -0.1) is 130 Å². The number of aliphatic hydroxyl groups excluding tert-OH is 2. The van der Waals surface area contributed by atoms with Crippen molar-refractivity contribution in [2.75, 3.05) is 14.2 Å². The van der Waals surface area contributed by atoms with Gasteiger partial charge in [0.05, 0.1) is 5.69 Å². The van der Waals surface area contributed by atoms with Crippen molar-refractivity contribution < 1.29 is 76.6 Å². The van der Waals surface area contributed by atoms with Crippen LogP contribution in [0.15, 0.2) is 175 Å². The Morgan fingerprint density at radius 2 is 0.937 bits per heavy atom. The fourth-order valence-electron chi connectivity index (χ4n) is 6.89. The zero-order chi connectivity index (χ0) is 56.1. The summed E-state index contributed by atoms with van der Waals surface area (Å²) < 4.78 is 61.5. The van der Waals surface area contributed by atoms with E-state index in [-0.39, 0.29) is 58.5 Å². The van der Waals surface area contributed by atoms with Gasteiger partial charge in [-0.1, -0.05) is 104 Å². The fourth-order valence-corrected chi connectivity index (χ4v) is 8.46. The number of aryl methyl sites for hydroxylation is 2. The van der Waals surface area contributed by atoms with Crippen LogP contribution in [0.5, 0.6) is 0 Å². The molecule has 6 heterocycles. The van der Waals surface area contributed by atoms with E-state index in [1.165, 1.54) is 36.9 Å². The molecule has 10 aromatic rings. The Morgan fingerprint density at radius 3 is 1.30 bits per heavy atom. The zero-order valence-corrected chi connectivity index (χ0v) is 51.9. The van der Waals surface area contributed by atoms with E-state index in [2.05, 4.69) is 157 Å². The van der Waals surface area contributed by atoms with Crippen LogP contribution in [0.25, 0.3) is 65.2 Å². The molecule has 10 rings (SSSR count). The van der Waals surface area contributed by atoms with Gasteiger partial charge < -0.3 is 29.7 Å². The molecule has 2 radical (unpaired) electrons. The normalized spacial score (nSPS) is 10.6. The molecule has 2 N–H and O–H groups in total. The van der Waals surface area contributed by atoms with Gasteiger partial charge in [0.1, 0.15) is 0 Å². The molecule has 0 amide bonds. The average molecular weight is 1480 g/mol. The van der Waals surface area contributed by atoms with E-state index < -0.39 is 15.6 Å². The summed E-state index contributed by atoms with van der Waals surface area (Å²) in [7, 11) is -4.09. The second-order valence-corrected chi connectivity index (χ2v) is 21.6. The van der Waals surface area contributed by atoms with Crippen molar-refractivity contribution in [3.8, 4) is 45.0 Å². The molecule has 4 aromatic carbocycles. The van der Waals surface area contributed by atoms with Crippen molar-refractivity contribution in [1.82, 2.24) is 19.9 Å². The molecule has 0 spiro atoms. The van der Waals surface area contributed by atoms with Crippen LogP contribution in [0.1, 0.15) is 71.5 Å². The van der Waals surface area contributed by atoms with Crippen molar-refractivity contribution in [2.45, 2.75) is 79.2 Å². The van der Waals surface area contributed by atoms with Gasteiger partial charge in [-0.25, -0.2) is 8.42 Å². The molecule has 0 atom stereocenters. The number of nitrogens with zero attached hydrogens (tertiary/aromatic N) is 4. The molecule has 0 aliphatic heterocycles. The van der Waals surface area contributed by atoms with Crippen LogP contribution < -0.4 is 0 Å². The van der Waals surface area contributed by atoms with Crippen LogP contribution in [0.3, 0.4) is 0 Å². The summed E-state index contributed by atoms with van der Waals surface area (Å²) in [6.07, 6.45) is 3.77. The summed E-state index contributed by atoms with van der Waals surface area (Å²) in [6, 6.07) is 61.0. The van der Waals surface area contributed by atoms with Gasteiger partial charge in [-0.05, 0) is 93.8 Å². The number of thiophene rings is 2. The molecular formula is C62H65F3Ir2N4O5S3-4. The van der Waals surface area contributed by atoms with Crippen LogP contribution in [0.2, 0.25) is 0 Å². The van der Waals surface area contributed by atoms with E-state index >= 15 is 0 Å². The van der Waals surface area contributed by atoms with Gasteiger partial charge in [0.15, 0.2) is 10.1 Å². The maximum absolute atomic E-state index is 10.7. The molecule has 17 heteroatoms. The number of alkyl halides is 3. The molecule has 79 heavy (non-hydrogen) atoms. The standard InChI is InChI=1S/C17H17NS.C17H16NS.2C12H10N.CHF3O3S.2CH4O.CH4.2Ir/c2*1-17(2,3)13-6-4-12(5-7-13)16-14-9-11-19-15(14)8-10-18-16;2*1-10-6-5-9-12(13-10)11-7-3-2-4-8-11;2-1(3,4)8(5,6)7;2*1-2;;;/h4-11H,1-3H3;4,6-11H,1-3H3;2*2-7,9H,1H3;(H,5,6,7);2*2H,1H3;1H4;;/q;3*-1;;;;;;/p-1. The predicted molar refractivity (Wildman–Crippen MR) is 312 cm³/mol. The van der Waals surface area contributed by atoms with Gasteiger partial charge in [-0.3, -0.25) is 4.98 Å². The summed E-state index contributed by atoms with van der Waals surface area (Å²) in [4.78, 5) is 17.9. The molecule has 9 nitrogen and oxygen atoms in total. The Morgan fingerprint density at radius 1 is 0.519 bits per heavy atom. The molecule has 0 saturated carbocycles. The summed E-state index contributed by atoms with van der Waals surface area (Å²) in [6.45, 7) is 17.3. The predicted octanol–water partition coefficient (Wildman–Crippen LogP) is 15.9. The van der Waals surface area contributed by atoms with Crippen LogP contribution in [0.4, 0.5) is 13.2 Å². The van der Waals surface area contributed by atoms with Crippen LogP contribution in [-0.4, -0.2) is 62.8 Å². The Bertz CT molecular complexity index is 3220. The van der Waals surface area contributed by atoms with E-state index in [1.807, 2.05) is 111 Å². The Hall–Kier alpha value is -5.68. The van der Waals surface area contributed by atoms with E-state index in [1.54, 1.807) is 22.7 Å². The maximum atomic E-state index is 10.7. The first-order chi connectivity index (χ1) is 36.1.